The molecule has 0 aromatic heterocycles. The molecule has 0 aliphatic rings. The molecule has 0 radical (unpaired) electrons. The maximum Gasteiger partial charge on any atom is 0.471 e. The molecule has 3 N–H and O–H groups in total. The van der Waals surface area contributed by atoms with Crippen molar-refractivity contribution in [2.45, 2.75) is 71.1 Å². The van der Waals surface area contributed by atoms with Crippen LogP contribution in [0.5, 0.6) is 0 Å². The van der Waals surface area contributed by atoms with Crippen molar-refractivity contribution in [1.82, 2.24) is 20.9 Å². The van der Waals surface area contributed by atoms with Gasteiger partial charge in [0.15, 0.2) is 0 Å². The van der Waals surface area contributed by atoms with Crippen molar-refractivity contribution in [1.29, 1.82) is 0 Å². The molecule has 1 unspecified atom stereocenters. The number of alkyl halides is 6. The van der Waals surface area contributed by atoms with Gasteiger partial charge >= 0.3 is 30.4 Å². The molecule has 0 aliphatic heterocycles. The first-order valence-corrected chi connectivity index (χ1v) is 10.7. The molecule has 0 aromatic carbocycles. The van der Waals surface area contributed by atoms with Crippen molar-refractivity contribution in [2.24, 2.45) is 0 Å². The van der Waals surface area contributed by atoms with Crippen LogP contribution < -0.4 is 16.0 Å². The molecule has 16 heteroatoms. The Bertz CT molecular complexity index is 775. The molecule has 0 saturated heterocycles. The number of nitrogens with zero attached hydrogens (tertiary/aromatic N) is 1. The minimum absolute atomic E-state index is 0.0442. The first kappa shape index (κ1) is 33.4. The predicted octanol–water partition coefficient (Wildman–Crippen LogP) is 2.52. The lowest BCUT2D eigenvalue weighted by atomic mass is 10.1. The van der Waals surface area contributed by atoms with Gasteiger partial charge in [0, 0.05) is 32.7 Å². The second-order valence-electron chi connectivity index (χ2n) is 9.41. The monoisotopic (exact) mass is 538 g/mol. The summed E-state index contributed by atoms with van der Waals surface area (Å²) in [6.45, 7) is 7.70. The van der Waals surface area contributed by atoms with E-state index in [1.165, 1.54) is 20.8 Å². The molecule has 1 atom stereocenters. The highest BCUT2D eigenvalue weighted by Crippen LogP contribution is 2.26. The molecule has 0 heterocycles. The number of nitrogens with one attached hydrogen (secondary N) is 3. The number of Topliss-reactive ketones (excluding diaryl/α,β-unsaturated/α-hetero) is 1. The first-order chi connectivity index (χ1) is 16.1. The van der Waals surface area contributed by atoms with Gasteiger partial charge in [-0.25, -0.2) is 14.5 Å². The number of amides is 3. The summed E-state index contributed by atoms with van der Waals surface area (Å²) in [4.78, 5) is 46.6. The molecule has 0 aliphatic carbocycles. The Labute approximate surface area is 204 Å². The average Bonchev–Trinajstić information content (AvgIpc) is 2.63. The standard InChI is InChI=1S/C20H32F6N4O6/c1-17(2,3)35-15(33)29-10-9-27-7-8-28-11-12(13(31)19(21,22)23)30(14(32)20(24,25)26)16(34)36-18(4,5)6/h12,27-28H,7-11H2,1-6H3,(H,29,33). The Morgan fingerprint density at radius 3 is 1.64 bits per heavy atom. The highest BCUT2D eigenvalue weighted by atomic mass is 19.4. The highest BCUT2D eigenvalue weighted by Gasteiger charge is 2.54. The van der Waals surface area contributed by atoms with Crippen molar-refractivity contribution >= 4 is 23.9 Å². The normalized spacial score (nSPS) is 13.6. The third kappa shape index (κ3) is 13.5. The van der Waals surface area contributed by atoms with E-state index in [4.69, 9.17) is 4.74 Å². The van der Waals surface area contributed by atoms with Crippen LogP contribution in [0.1, 0.15) is 41.5 Å². The van der Waals surface area contributed by atoms with Crippen LogP contribution in [0.3, 0.4) is 0 Å². The van der Waals surface area contributed by atoms with E-state index >= 15 is 0 Å². The minimum Gasteiger partial charge on any atom is -0.444 e. The summed E-state index contributed by atoms with van der Waals surface area (Å²) in [5.41, 5.74) is -2.18. The summed E-state index contributed by atoms with van der Waals surface area (Å²) >= 11 is 0. The molecule has 3 amide bonds. The van der Waals surface area contributed by atoms with Crippen molar-refractivity contribution in [3.8, 4) is 0 Å². The van der Waals surface area contributed by atoms with E-state index in [2.05, 4.69) is 20.7 Å². The van der Waals surface area contributed by atoms with Gasteiger partial charge in [0.25, 0.3) is 5.78 Å². The summed E-state index contributed by atoms with van der Waals surface area (Å²) in [5.74, 6) is -5.72. The van der Waals surface area contributed by atoms with E-state index in [1.54, 1.807) is 20.8 Å². The zero-order valence-electron chi connectivity index (χ0n) is 20.8. The van der Waals surface area contributed by atoms with Crippen LogP contribution >= 0.6 is 0 Å². The lowest BCUT2D eigenvalue weighted by Gasteiger charge is -2.32. The predicted molar refractivity (Wildman–Crippen MR) is 114 cm³/mol. The molecule has 0 spiro atoms. The zero-order valence-corrected chi connectivity index (χ0v) is 20.8. The number of halogens is 6. The number of carbonyl (C=O) groups excluding carboxylic acids is 4. The van der Waals surface area contributed by atoms with Gasteiger partial charge in [-0.2, -0.15) is 26.3 Å². The highest BCUT2D eigenvalue weighted by molar-refractivity contribution is 6.02. The fourth-order valence-electron chi connectivity index (χ4n) is 2.40. The van der Waals surface area contributed by atoms with E-state index in [-0.39, 0.29) is 26.2 Å². The largest absolute Gasteiger partial charge is 0.471 e. The van der Waals surface area contributed by atoms with Gasteiger partial charge in [0.05, 0.1) is 0 Å². The number of alkyl carbamates (subject to hydrolysis) is 1. The molecular formula is C20H32F6N4O6. The van der Waals surface area contributed by atoms with Crippen LogP contribution in [0, 0.1) is 0 Å². The maximum atomic E-state index is 13.1. The van der Waals surface area contributed by atoms with E-state index < -0.39 is 64.9 Å². The third-order valence-corrected chi connectivity index (χ3v) is 3.73. The van der Waals surface area contributed by atoms with Crippen molar-refractivity contribution in [3.05, 3.63) is 0 Å². The molecule has 0 fully saturated rings. The van der Waals surface area contributed by atoms with Crippen LogP contribution in [0.25, 0.3) is 0 Å². The summed E-state index contributed by atoms with van der Waals surface area (Å²) in [6.07, 6.45) is -14.1. The van der Waals surface area contributed by atoms with Crippen LogP contribution in [0.4, 0.5) is 35.9 Å². The number of imide groups is 1. The number of carbonyl (C=O) groups is 4. The smallest absolute Gasteiger partial charge is 0.444 e. The molecule has 0 rings (SSSR count). The van der Waals surface area contributed by atoms with Gasteiger partial charge in [0.2, 0.25) is 0 Å². The summed E-state index contributed by atoms with van der Waals surface area (Å²) < 4.78 is 88.1. The maximum absolute atomic E-state index is 13.1. The van der Waals surface area contributed by atoms with Crippen molar-refractivity contribution < 1.29 is 55.0 Å². The number of ether oxygens (including phenoxy) is 2. The lowest BCUT2D eigenvalue weighted by Crippen LogP contribution is -2.60. The lowest BCUT2D eigenvalue weighted by molar-refractivity contribution is -0.192. The van der Waals surface area contributed by atoms with Crippen LogP contribution in [-0.4, -0.2) is 91.1 Å². The molecule has 210 valence electrons. The number of rotatable bonds is 10. The number of hydrogen-bond donors (Lipinski definition) is 3. The molecular weight excluding hydrogens is 506 g/mol. The Morgan fingerprint density at radius 2 is 1.19 bits per heavy atom. The van der Waals surface area contributed by atoms with Gasteiger partial charge < -0.3 is 25.4 Å². The van der Waals surface area contributed by atoms with Gasteiger partial charge in [0.1, 0.15) is 17.2 Å². The molecule has 10 nitrogen and oxygen atoms in total. The molecule has 0 bridgehead atoms. The van der Waals surface area contributed by atoms with Crippen LogP contribution in [-0.2, 0) is 19.1 Å². The fraction of sp³-hybridized carbons (Fsp3) is 0.800. The van der Waals surface area contributed by atoms with E-state index in [9.17, 15) is 45.5 Å². The third-order valence-electron chi connectivity index (χ3n) is 3.73. The first-order valence-electron chi connectivity index (χ1n) is 10.7. The Morgan fingerprint density at radius 1 is 0.722 bits per heavy atom. The number of ketones is 1. The minimum atomic E-state index is -5.76. The van der Waals surface area contributed by atoms with E-state index in [1.807, 2.05) is 0 Å². The second-order valence-corrected chi connectivity index (χ2v) is 9.41. The fourth-order valence-corrected chi connectivity index (χ4v) is 2.40. The van der Waals surface area contributed by atoms with Gasteiger partial charge in [-0.3, -0.25) is 9.59 Å². The quantitative estimate of drug-likeness (QED) is 0.286. The number of hydrogen-bond acceptors (Lipinski definition) is 8. The summed E-state index contributed by atoms with van der Waals surface area (Å²) in [7, 11) is 0. The van der Waals surface area contributed by atoms with Crippen molar-refractivity contribution in [2.75, 3.05) is 32.7 Å². The topological polar surface area (TPSA) is 126 Å². The Hall–Kier alpha value is -2.62. The Kier molecular flexibility index (Phi) is 12.1. The van der Waals surface area contributed by atoms with Gasteiger partial charge in [-0.05, 0) is 41.5 Å². The molecule has 0 aromatic rings. The molecule has 36 heavy (non-hydrogen) atoms. The van der Waals surface area contributed by atoms with Crippen molar-refractivity contribution in [3.63, 3.8) is 0 Å². The van der Waals surface area contributed by atoms with Gasteiger partial charge in [-0.1, -0.05) is 0 Å². The summed E-state index contributed by atoms with van der Waals surface area (Å²) in [6, 6.07) is -2.87. The zero-order chi connectivity index (χ0) is 28.5. The second kappa shape index (κ2) is 13.1. The SMILES string of the molecule is CC(C)(C)OC(=O)NCCNCCNCC(C(=O)C(F)(F)F)N(C(=O)OC(C)(C)C)C(=O)C(F)(F)F. The van der Waals surface area contributed by atoms with E-state index in [0.29, 0.717) is 0 Å². The van der Waals surface area contributed by atoms with E-state index in [0.717, 1.165) is 0 Å². The van der Waals surface area contributed by atoms with Crippen LogP contribution in [0.15, 0.2) is 0 Å². The Balaban J connectivity index is 5.21. The summed E-state index contributed by atoms with van der Waals surface area (Å²) in [5, 5.41) is 7.52. The van der Waals surface area contributed by atoms with Crippen LogP contribution in [0.2, 0.25) is 0 Å². The molecule has 0 saturated carbocycles. The average molecular weight is 538 g/mol. The van der Waals surface area contributed by atoms with Gasteiger partial charge in [-0.15, -0.1) is 0 Å².